The summed E-state index contributed by atoms with van der Waals surface area (Å²) in [5, 5.41) is 2.55. The molecule has 2 aromatic rings. The van der Waals surface area contributed by atoms with E-state index >= 15 is 0 Å². The van der Waals surface area contributed by atoms with E-state index in [9.17, 15) is 18.4 Å². The van der Waals surface area contributed by atoms with Gasteiger partial charge in [0.15, 0.2) is 17.4 Å². The summed E-state index contributed by atoms with van der Waals surface area (Å²) in [6, 6.07) is 9.60. The highest BCUT2D eigenvalue weighted by Gasteiger charge is 2.05. The van der Waals surface area contributed by atoms with Crippen LogP contribution in [0.5, 0.6) is 0 Å². The maximum atomic E-state index is 13.1. The van der Waals surface area contributed by atoms with Gasteiger partial charge in [-0.05, 0) is 48.0 Å². The third kappa shape index (κ3) is 4.72. The Bertz CT molecular complexity index is 758. The second-order valence-electron chi connectivity index (χ2n) is 4.63. The number of alkyl halides is 1. The first-order valence-corrected chi connectivity index (χ1v) is 7.16. The van der Waals surface area contributed by atoms with Crippen molar-refractivity contribution in [2.24, 2.45) is 0 Å². The van der Waals surface area contributed by atoms with Crippen LogP contribution in [0.25, 0.3) is 6.08 Å². The van der Waals surface area contributed by atoms with Crippen molar-refractivity contribution >= 4 is 35.1 Å². The quantitative estimate of drug-likeness (QED) is 0.509. The number of benzene rings is 2. The maximum Gasteiger partial charge on any atom is 0.239 e. The lowest BCUT2D eigenvalue weighted by molar-refractivity contribution is -0.113. The van der Waals surface area contributed by atoms with Crippen molar-refractivity contribution in [1.29, 1.82) is 0 Å². The molecule has 1 amide bonds. The van der Waals surface area contributed by atoms with Crippen molar-refractivity contribution in [2.75, 3.05) is 11.2 Å². The van der Waals surface area contributed by atoms with Gasteiger partial charge in [-0.15, -0.1) is 11.6 Å². The van der Waals surface area contributed by atoms with Gasteiger partial charge in [-0.1, -0.05) is 12.1 Å². The molecule has 3 nitrogen and oxygen atoms in total. The van der Waals surface area contributed by atoms with Gasteiger partial charge < -0.3 is 5.32 Å². The molecule has 0 saturated heterocycles. The number of halogens is 3. The van der Waals surface area contributed by atoms with Gasteiger partial charge in [0.1, 0.15) is 5.88 Å². The molecule has 0 saturated carbocycles. The van der Waals surface area contributed by atoms with Crippen LogP contribution < -0.4 is 5.32 Å². The minimum absolute atomic E-state index is 0.155. The van der Waals surface area contributed by atoms with Crippen molar-refractivity contribution in [2.45, 2.75) is 0 Å². The van der Waals surface area contributed by atoms with E-state index in [1.807, 2.05) is 0 Å². The number of carbonyl (C=O) groups is 2. The normalized spacial score (nSPS) is 10.7. The highest BCUT2D eigenvalue weighted by Crippen LogP contribution is 2.13. The van der Waals surface area contributed by atoms with Crippen molar-refractivity contribution in [3.63, 3.8) is 0 Å². The Morgan fingerprint density at radius 1 is 1.04 bits per heavy atom. The molecule has 118 valence electrons. The number of nitrogens with one attached hydrogen (secondary N) is 1. The zero-order valence-electron chi connectivity index (χ0n) is 11.9. The highest BCUT2D eigenvalue weighted by molar-refractivity contribution is 6.29. The van der Waals surface area contributed by atoms with Crippen LogP contribution in [0.15, 0.2) is 48.5 Å². The van der Waals surface area contributed by atoms with Crippen molar-refractivity contribution in [3.05, 3.63) is 71.3 Å². The SMILES string of the molecule is O=C(CCl)Nc1ccc(C(=O)/C=C/c2ccc(F)c(F)c2)cc1. The minimum Gasteiger partial charge on any atom is -0.325 e. The van der Waals surface area contributed by atoms with E-state index in [4.69, 9.17) is 11.6 Å². The number of allylic oxidation sites excluding steroid dienone is 1. The molecule has 0 atom stereocenters. The molecular weight excluding hydrogens is 324 g/mol. The Hall–Kier alpha value is -2.53. The Morgan fingerprint density at radius 2 is 1.74 bits per heavy atom. The average Bonchev–Trinajstić information content (AvgIpc) is 2.56. The predicted octanol–water partition coefficient (Wildman–Crippen LogP) is 4.04. The number of anilines is 1. The summed E-state index contributed by atoms with van der Waals surface area (Å²) in [7, 11) is 0. The van der Waals surface area contributed by atoms with E-state index < -0.39 is 11.6 Å². The third-order valence-corrected chi connectivity index (χ3v) is 3.19. The molecule has 0 radical (unpaired) electrons. The van der Waals surface area contributed by atoms with Crippen LogP contribution in [0.1, 0.15) is 15.9 Å². The van der Waals surface area contributed by atoms with Gasteiger partial charge in [-0.3, -0.25) is 9.59 Å². The summed E-state index contributed by atoms with van der Waals surface area (Å²) in [4.78, 5) is 23.1. The topological polar surface area (TPSA) is 46.2 Å². The molecule has 6 heteroatoms. The molecule has 1 N–H and O–H groups in total. The second-order valence-corrected chi connectivity index (χ2v) is 4.90. The minimum atomic E-state index is -0.973. The summed E-state index contributed by atoms with van der Waals surface area (Å²) in [5.41, 5.74) is 1.30. The zero-order chi connectivity index (χ0) is 16.8. The van der Waals surface area contributed by atoms with Gasteiger partial charge >= 0.3 is 0 Å². The smallest absolute Gasteiger partial charge is 0.239 e. The number of amides is 1. The Balaban J connectivity index is 2.06. The number of hydrogen-bond donors (Lipinski definition) is 1. The van der Waals surface area contributed by atoms with Crippen LogP contribution in [-0.2, 0) is 4.79 Å². The van der Waals surface area contributed by atoms with Crippen molar-refractivity contribution in [3.8, 4) is 0 Å². The van der Waals surface area contributed by atoms with Crippen LogP contribution in [-0.4, -0.2) is 17.6 Å². The molecule has 0 aromatic heterocycles. The molecule has 0 spiro atoms. The first kappa shape index (κ1) is 16.8. The molecule has 0 bridgehead atoms. The van der Waals surface area contributed by atoms with E-state index in [2.05, 4.69) is 5.32 Å². The van der Waals surface area contributed by atoms with E-state index in [0.29, 0.717) is 16.8 Å². The van der Waals surface area contributed by atoms with Gasteiger partial charge in [-0.2, -0.15) is 0 Å². The number of ketones is 1. The largest absolute Gasteiger partial charge is 0.325 e. The molecule has 23 heavy (non-hydrogen) atoms. The van der Waals surface area contributed by atoms with Gasteiger partial charge in [-0.25, -0.2) is 8.78 Å². The standard InChI is InChI=1S/C17H12ClF2NO2/c18-10-17(23)21-13-5-3-12(4-6-13)16(22)8-2-11-1-7-14(19)15(20)9-11/h1-9H,10H2,(H,21,23)/b8-2+. The van der Waals surface area contributed by atoms with E-state index in [1.54, 1.807) is 24.3 Å². The third-order valence-electron chi connectivity index (χ3n) is 2.95. The molecule has 0 aliphatic carbocycles. The molecule has 2 aromatic carbocycles. The van der Waals surface area contributed by atoms with Crippen LogP contribution in [0.3, 0.4) is 0 Å². The fourth-order valence-corrected chi connectivity index (χ4v) is 1.86. The first-order chi connectivity index (χ1) is 11.0. The summed E-state index contributed by atoms with van der Waals surface area (Å²) in [5.74, 6) is -2.71. The summed E-state index contributed by atoms with van der Waals surface area (Å²) < 4.78 is 25.9. The van der Waals surface area contributed by atoms with Gasteiger partial charge in [0.05, 0.1) is 0 Å². The van der Waals surface area contributed by atoms with Gasteiger partial charge in [0.2, 0.25) is 5.91 Å². The molecule has 0 aliphatic rings. The summed E-state index contributed by atoms with van der Waals surface area (Å²) in [6.45, 7) is 0. The number of hydrogen-bond acceptors (Lipinski definition) is 2. The fraction of sp³-hybridized carbons (Fsp3) is 0.0588. The lowest BCUT2D eigenvalue weighted by Crippen LogP contribution is -2.12. The zero-order valence-corrected chi connectivity index (χ0v) is 12.6. The number of carbonyl (C=O) groups excluding carboxylic acids is 2. The van der Waals surface area contributed by atoms with Gasteiger partial charge in [0.25, 0.3) is 0 Å². The summed E-state index contributed by atoms with van der Waals surface area (Å²) >= 11 is 5.38. The Kier molecular flexibility index (Phi) is 5.60. The average molecular weight is 336 g/mol. The van der Waals surface area contributed by atoms with Crippen molar-refractivity contribution in [1.82, 2.24) is 0 Å². The Morgan fingerprint density at radius 3 is 2.35 bits per heavy atom. The molecule has 0 unspecified atom stereocenters. The van der Waals surface area contributed by atoms with E-state index in [0.717, 1.165) is 12.1 Å². The lowest BCUT2D eigenvalue weighted by Gasteiger charge is -2.03. The molecule has 0 heterocycles. The highest BCUT2D eigenvalue weighted by atomic mass is 35.5. The van der Waals surface area contributed by atoms with E-state index in [-0.39, 0.29) is 17.6 Å². The molecule has 2 rings (SSSR count). The van der Waals surface area contributed by atoms with E-state index in [1.165, 1.54) is 18.2 Å². The van der Waals surface area contributed by atoms with Crippen molar-refractivity contribution < 1.29 is 18.4 Å². The predicted molar refractivity (Wildman–Crippen MR) is 85.5 cm³/mol. The molecule has 0 aliphatic heterocycles. The second kappa shape index (κ2) is 7.65. The monoisotopic (exact) mass is 335 g/mol. The lowest BCUT2D eigenvalue weighted by atomic mass is 10.1. The molecule has 0 fully saturated rings. The molecular formula is C17H12ClF2NO2. The summed E-state index contributed by atoms with van der Waals surface area (Å²) in [6.07, 6.45) is 2.66. The van der Waals surface area contributed by atoms with Crippen LogP contribution in [0.4, 0.5) is 14.5 Å². The van der Waals surface area contributed by atoms with Crippen LogP contribution >= 0.6 is 11.6 Å². The maximum absolute atomic E-state index is 13.1. The fourth-order valence-electron chi connectivity index (χ4n) is 1.80. The number of rotatable bonds is 5. The van der Waals surface area contributed by atoms with Gasteiger partial charge in [0, 0.05) is 11.3 Å². The Labute approximate surface area is 136 Å². The van der Waals surface area contributed by atoms with Crippen LogP contribution in [0, 0.1) is 11.6 Å². The first-order valence-electron chi connectivity index (χ1n) is 6.63. The van der Waals surface area contributed by atoms with Crippen LogP contribution in [0.2, 0.25) is 0 Å².